The van der Waals surface area contributed by atoms with Gasteiger partial charge in [0, 0.05) is 23.7 Å². The fourth-order valence-electron chi connectivity index (χ4n) is 4.83. The Morgan fingerprint density at radius 1 is 1.07 bits per heavy atom. The summed E-state index contributed by atoms with van der Waals surface area (Å²) in [5.41, 5.74) is 2.78. The summed E-state index contributed by atoms with van der Waals surface area (Å²) in [6, 6.07) is 16.8. The van der Waals surface area contributed by atoms with E-state index in [-0.39, 0.29) is 11.9 Å². The van der Waals surface area contributed by atoms with Crippen molar-refractivity contribution in [3.63, 3.8) is 0 Å². The van der Waals surface area contributed by atoms with Crippen molar-refractivity contribution in [3.8, 4) is 11.5 Å². The van der Waals surface area contributed by atoms with Gasteiger partial charge in [-0.15, -0.1) is 0 Å². The average molecular weight is 375 g/mol. The highest BCUT2D eigenvalue weighted by Gasteiger charge is 2.36. The average Bonchev–Trinajstić information content (AvgIpc) is 3.14. The van der Waals surface area contributed by atoms with Crippen molar-refractivity contribution >= 4 is 17.0 Å². The number of carbonyl (C=O) groups excluding carboxylic acids is 1. The highest BCUT2D eigenvalue weighted by Crippen LogP contribution is 2.33. The number of para-hydroxylation sites is 1. The summed E-state index contributed by atoms with van der Waals surface area (Å²) in [6.45, 7) is 0. The number of amides is 1. The molecule has 3 aromatic rings. The number of nitrogens with one attached hydrogen (secondary N) is 1. The summed E-state index contributed by atoms with van der Waals surface area (Å²) in [6.07, 6.45) is 5.84. The molecule has 144 valence electrons. The van der Waals surface area contributed by atoms with Crippen molar-refractivity contribution in [3.05, 3.63) is 54.1 Å². The number of fused-ring (bicyclic) bond motifs is 3. The van der Waals surface area contributed by atoms with Crippen LogP contribution in [0.3, 0.4) is 0 Å². The van der Waals surface area contributed by atoms with Gasteiger partial charge in [0.1, 0.15) is 5.52 Å². The van der Waals surface area contributed by atoms with E-state index in [9.17, 15) is 4.79 Å². The van der Waals surface area contributed by atoms with Crippen molar-refractivity contribution in [2.45, 2.75) is 50.2 Å². The highest BCUT2D eigenvalue weighted by molar-refractivity contribution is 6.05. The molecule has 0 radical (unpaired) electrons. The first-order chi connectivity index (χ1) is 13.7. The zero-order chi connectivity index (χ0) is 19.1. The van der Waals surface area contributed by atoms with E-state index in [0.29, 0.717) is 34.6 Å². The Morgan fingerprint density at radius 3 is 2.57 bits per heavy atom. The van der Waals surface area contributed by atoms with Gasteiger partial charge in [0.2, 0.25) is 5.89 Å². The van der Waals surface area contributed by atoms with Crippen molar-refractivity contribution in [2.24, 2.45) is 0 Å². The SMILES string of the molecule is CN1[C@@H]2CCC[C@H]1CC(NC(=O)c1cccc3oc(-c4ccccc4)nc13)C2. The zero-order valence-electron chi connectivity index (χ0n) is 16.1. The maximum absolute atomic E-state index is 13.1. The van der Waals surface area contributed by atoms with Gasteiger partial charge < -0.3 is 14.6 Å². The molecule has 3 heterocycles. The molecule has 1 unspecified atom stereocenters. The smallest absolute Gasteiger partial charge is 0.253 e. The lowest BCUT2D eigenvalue weighted by Gasteiger charge is -2.47. The van der Waals surface area contributed by atoms with Gasteiger partial charge in [0.15, 0.2) is 5.58 Å². The first kappa shape index (κ1) is 17.4. The second-order valence-electron chi connectivity index (χ2n) is 8.08. The first-order valence-electron chi connectivity index (χ1n) is 10.2. The van der Waals surface area contributed by atoms with E-state index in [1.165, 1.54) is 19.3 Å². The van der Waals surface area contributed by atoms with Crippen LogP contribution in [0.25, 0.3) is 22.6 Å². The largest absolute Gasteiger partial charge is 0.436 e. The Labute approximate surface area is 164 Å². The van der Waals surface area contributed by atoms with Gasteiger partial charge in [-0.2, -0.15) is 0 Å². The number of rotatable bonds is 3. The van der Waals surface area contributed by atoms with Crippen LogP contribution in [0.1, 0.15) is 42.5 Å². The Balaban J connectivity index is 1.40. The van der Waals surface area contributed by atoms with Crippen LogP contribution in [0.2, 0.25) is 0 Å². The maximum Gasteiger partial charge on any atom is 0.253 e. The highest BCUT2D eigenvalue weighted by atomic mass is 16.3. The summed E-state index contributed by atoms with van der Waals surface area (Å²) in [4.78, 5) is 20.2. The Kier molecular flexibility index (Phi) is 4.40. The van der Waals surface area contributed by atoms with Crippen molar-refractivity contribution in [2.75, 3.05) is 7.05 Å². The number of hydrogen-bond donors (Lipinski definition) is 1. The zero-order valence-corrected chi connectivity index (χ0v) is 16.1. The van der Waals surface area contributed by atoms with Crippen molar-refractivity contribution in [1.82, 2.24) is 15.2 Å². The van der Waals surface area contributed by atoms with Gasteiger partial charge in [0.05, 0.1) is 5.56 Å². The molecule has 2 aromatic carbocycles. The number of piperidine rings is 2. The molecule has 5 nitrogen and oxygen atoms in total. The van der Waals surface area contributed by atoms with Crippen LogP contribution in [0.4, 0.5) is 0 Å². The van der Waals surface area contributed by atoms with Crippen LogP contribution in [-0.2, 0) is 0 Å². The van der Waals surface area contributed by atoms with Gasteiger partial charge in [-0.1, -0.05) is 30.7 Å². The van der Waals surface area contributed by atoms with Crippen molar-refractivity contribution < 1.29 is 9.21 Å². The third-order valence-electron chi connectivity index (χ3n) is 6.36. The normalized spacial score (nSPS) is 25.0. The Bertz CT molecular complexity index is 984. The molecule has 2 saturated heterocycles. The summed E-state index contributed by atoms with van der Waals surface area (Å²) in [5.74, 6) is 0.496. The molecule has 2 bridgehead atoms. The van der Waals surface area contributed by atoms with E-state index in [2.05, 4.69) is 22.2 Å². The van der Waals surface area contributed by atoms with E-state index in [1.807, 2.05) is 48.5 Å². The van der Waals surface area contributed by atoms with Crippen LogP contribution in [-0.4, -0.2) is 41.0 Å². The molecule has 28 heavy (non-hydrogen) atoms. The number of aromatic nitrogens is 1. The van der Waals surface area contributed by atoms with Gasteiger partial charge in [0.25, 0.3) is 5.91 Å². The monoisotopic (exact) mass is 375 g/mol. The molecule has 2 fully saturated rings. The van der Waals surface area contributed by atoms with Gasteiger partial charge in [-0.25, -0.2) is 4.98 Å². The summed E-state index contributed by atoms with van der Waals surface area (Å²) >= 11 is 0. The van der Waals surface area contributed by atoms with Gasteiger partial charge in [-0.3, -0.25) is 4.79 Å². The van der Waals surface area contributed by atoms with Crippen molar-refractivity contribution in [1.29, 1.82) is 0 Å². The molecule has 0 saturated carbocycles. The molecule has 0 aliphatic carbocycles. The standard InChI is InChI=1S/C23H25N3O2/c1-26-17-9-5-10-18(26)14-16(13-17)24-22(27)19-11-6-12-20-21(19)25-23(28-20)15-7-3-2-4-8-15/h2-4,6-8,11-12,16-18H,5,9-10,13-14H2,1H3,(H,24,27)/t16?,17-,18+. The van der Waals surface area contributed by atoms with Gasteiger partial charge >= 0.3 is 0 Å². The minimum atomic E-state index is -0.0499. The lowest BCUT2D eigenvalue weighted by atomic mass is 9.82. The number of hydrogen-bond acceptors (Lipinski definition) is 4. The molecule has 3 atom stereocenters. The van der Waals surface area contributed by atoms with E-state index < -0.39 is 0 Å². The summed E-state index contributed by atoms with van der Waals surface area (Å²) in [7, 11) is 2.23. The van der Waals surface area contributed by atoms with Crippen LogP contribution in [0.15, 0.2) is 52.9 Å². The molecule has 5 heteroatoms. The molecular formula is C23H25N3O2. The number of nitrogens with zero attached hydrogens (tertiary/aromatic N) is 2. The van der Waals surface area contributed by atoms with E-state index in [4.69, 9.17) is 4.42 Å². The molecule has 2 aliphatic heterocycles. The van der Waals surface area contributed by atoms with Crippen LogP contribution < -0.4 is 5.32 Å². The predicted molar refractivity (Wildman–Crippen MR) is 109 cm³/mol. The number of benzene rings is 2. The third-order valence-corrected chi connectivity index (χ3v) is 6.36. The molecule has 5 rings (SSSR count). The predicted octanol–water partition coefficient (Wildman–Crippen LogP) is 4.24. The molecule has 0 spiro atoms. The second kappa shape index (κ2) is 7.06. The minimum absolute atomic E-state index is 0.0499. The second-order valence-corrected chi connectivity index (χ2v) is 8.08. The number of oxazole rings is 1. The van der Waals surface area contributed by atoms with Crippen LogP contribution in [0.5, 0.6) is 0 Å². The lowest BCUT2D eigenvalue weighted by molar-refractivity contribution is 0.0463. The lowest BCUT2D eigenvalue weighted by Crippen LogP contribution is -2.55. The summed E-state index contributed by atoms with van der Waals surface area (Å²) < 4.78 is 5.91. The molecule has 1 N–H and O–H groups in total. The maximum atomic E-state index is 13.1. The molecule has 1 amide bonds. The van der Waals surface area contributed by atoms with Crippen LogP contribution in [0, 0.1) is 0 Å². The topological polar surface area (TPSA) is 58.4 Å². The summed E-state index contributed by atoms with van der Waals surface area (Å²) in [5, 5.41) is 3.28. The number of carbonyl (C=O) groups is 1. The Hall–Kier alpha value is -2.66. The fraction of sp³-hybridized carbons (Fsp3) is 0.391. The quantitative estimate of drug-likeness (QED) is 0.744. The first-order valence-corrected chi connectivity index (χ1v) is 10.2. The van der Waals surface area contributed by atoms with E-state index in [0.717, 1.165) is 18.4 Å². The van der Waals surface area contributed by atoms with E-state index in [1.54, 1.807) is 0 Å². The molecule has 1 aromatic heterocycles. The van der Waals surface area contributed by atoms with Gasteiger partial charge in [-0.05, 0) is 57.0 Å². The molecular weight excluding hydrogens is 350 g/mol. The minimum Gasteiger partial charge on any atom is -0.436 e. The Morgan fingerprint density at radius 2 is 1.82 bits per heavy atom. The fourth-order valence-corrected chi connectivity index (χ4v) is 4.83. The third kappa shape index (κ3) is 3.10. The van der Waals surface area contributed by atoms with E-state index >= 15 is 0 Å². The van der Waals surface area contributed by atoms with Crippen LogP contribution >= 0.6 is 0 Å². The molecule has 2 aliphatic rings.